The molecule has 108 valence electrons. The molecule has 0 spiro atoms. The monoisotopic (exact) mass is 264 g/mol. The van der Waals surface area contributed by atoms with E-state index in [2.05, 4.69) is 44.1 Å². The highest BCUT2D eigenvalue weighted by atomic mass is 16.5. The molecular weight excluding hydrogens is 236 g/mol. The molecule has 1 aromatic rings. The Morgan fingerprint density at radius 1 is 1.32 bits per heavy atom. The number of nitrogens with zero attached hydrogens (tertiary/aromatic N) is 1. The van der Waals surface area contributed by atoms with Crippen LogP contribution in [0.4, 0.5) is 0 Å². The molecule has 1 aromatic heterocycles. The van der Waals surface area contributed by atoms with Crippen LogP contribution in [0.5, 0.6) is 5.75 Å². The summed E-state index contributed by atoms with van der Waals surface area (Å²) in [7, 11) is 2.01. The second kappa shape index (κ2) is 6.90. The molecule has 2 unspecified atom stereocenters. The van der Waals surface area contributed by atoms with Crippen molar-refractivity contribution < 1.29 is 4.74 Å². The molecule has 0 bridgehead atoms. The lowest BCUT2D eigenvalue weighted by Gasteiger charge is -2.30. The number of hydrogen-bond donors (Lipinski definition) is 1. The highest BCUT2D eigenvalue weighted by molar-refractivity contribution is 5.26. The number of pyridine rings is 1. The van der Waals surface area contributed by atoms with Crippen molar-refractivity contribution in [2.45, 2.75) is 47.1 Å². The van der Waals surface area contributed by atoms with Crippen LogP contribution in [-0.4, -0.2) is 18.6 Å². The lowest BCUT2D eigenvalue weighted by molar-refractivity contribution is 0.226. The molecule has 0 aliphatic rings. The Hall–Kier alpha value is -1.09. The van der Waals surface area contributed by atoms with Gasteiger partial charge in [-0.05, 0) is 43.4 Å². The van der Waals surface area contributed by atoms with Crippen LogP contribution in [0.3, 0.4) is 0 Å². The van der Waals surface area contributed by atoms with Crippen molar-refractivity contribution in [3.05, 3.63) is 24.0 Å². The lowest BCUT2D eigenvalue weighted by Crippen LogP contribution is -2.25. The first kappa shape index (κ1) is 16.0. The maximum atomic E-state index is 5.52. The fraction of sp³-hybridized carbons (Fsp3) is 0.688. The van der Waals surface area contributed by atoms with Gasteiger partial charge in [-0.2, -0.15) is 0 Å². The van der Waals surface area contributed by atoms with E-state index in [0.717, 1.165) is 12.2 Å². The van der Waals surface area contributed by atoms with Gasteiger partial charge in [0.1, 0.15) is 5.75 Å². The van der Waals surface area contributed by atoms with Crippen LogP contribution in [0.15, 0.2) is 18.5 Å². The number of aromatic nitrogens is 1. The molecule has 0 amide bonds. The molecule has 1 rings (SSSR count). The standard InChI is InChI=1S/C16H28N2O/c1-7-19-14-9-13(10-18-11-14)15(17-6)8-12(2)16(3,4)5/h9-12,15,17H,7-8H2,1-6H3. The molecule has 1 N–H and O–H groups in total. The third kappa shape index (κ3) is 4.83. The van der Waals surface area contributed by atoms with Gasteiger partial charge in [0.05, 0.1) is 12.8 Å². The minimum Gasteiger partial charge on any atom is -0.492 e. The van der Waals surface area contributed by atoms with E-state index >= 15 is 0 Å². The van der Waals surface area contributed by atoms with Crippen molar-refractivity contribution in [1.82, 2.24) is 10.3 Å². The fourth-order valence-corrected chi connectivity index (χ4v) is 2.00. The summed E-state index contributed by atoms with van der Waals surface area (Å²) in [6.45, 7) is 11.8. The molecule has 0 saturated heterocycles. The summed E-state index contributed by atoms with van der Waals surface area (Å²) in [5.74, 6) is 1.48. The average molecular weight is 264 g/mol. The predicted molar refractivity (Wildman–Crippen MR) is 80.4 cm³/mol. The molecule has 0 aliphatic heterocycles. The van der Waals surface area contributed by atoms with Gasteiger partial charge in [-0.3, -0.25) is 4.98 Å². The number of hydrogen-bond acceptors (Lipinski definition) is 3. The third-order valence-corrected chi connectivity index (χ3v) is 3.86. The van der Waals surface area contributed by atoms with Gasteiger partial charge < -0.3 is 10.1 Å². The fourth-order valence-electron chi connectivity index (χ4n) is 2.00. The van der Waals surface area contributed by atoms with Crippen LogP contribution in [-0.2, 0) is 0 Å². The van der Waals surface area contributed by atoms with Crippen molar-refractivity contribution in [2.75, 3.05) is 13.7 Å². The second-order valence-corrected chi connectivity index (χ2v) is 6.23. The summed E-state index contributed by atoms with van der Waals surface area (Å²) in [5, 5.41) is 3.40. The largest absolute Gasteiger partial charge is 0.492 e. The molecule has 1 heterocycles. The summed E-state index contributed by atoms with van der Waals surface area (Å²) in [6, 6.07) is 2.41. The van der Waals surface area contributed by atoms with Gasteiger partial charge >= 0.3 is 0 Å². The van der Waals surface area contributed by atoms with Gasteiger partial charge in [0.15, 0.2) is 0 Å². The Balaban J connectivity index is 2.82. The minimum atomic E-state index is 0.320. The molecule has 19 heavy (non-hydrogen) atoms. The summed E-state index contributed by atoms with van der Waals surface area (Å²) in [5.41, 5.74) is 1.52. The van der Waals surface area contributed by atoms with Crippen LogP contribution in [0.1, 0.15) is 52.6 Å². The highest BCUT2D eigenvalue weighted by Gasteiger charge is 2.24. The molecule has 0 fully saturated rings. The third-order valence-electron chi connectivity index (χ3n) is 3.86. The van der Waals surface area contributed by atoms with Crippen molar-refractivity contribution in [1.29, 1.82) is 0 Å². The lowest BCUT2D eigenvalue weighted by atomic mass is 9.78. The van der Waals surface area contributed by atoms with Crippen LogP contribution in [0.25, 0.3) is 0 Å². The molecule has 0 radical (unpaired) electrons. The molecule has 3 nitrogen and oxygen atoms in total. The number of ether oxygens (including phenoxy) is 1. The highest BCUT2D eigenvalue weighted by Crippen LogP contribution is 2.33. The first-order chi connectivity index (χ1) is 8.88. The van der Waals surface area contributed by atoms with Crippen LogP contribution >= 0.6 is 0 Å². The molecule has 3 heteroatoms. The average Bonchev–Trinajstić information content (AvgIpc) is 2.35. The normalized spacial score (nSPS) is 15.1. The van der Waals surface area contributed by atoms with Gasteiger partial charge in [-0.15, -0.1) is 0 Å². The Morgan fingerprint density at radius 3 is 2.53 bits per heavy atom. The van der Waals surface area contributed by atoms with Crippen molar-refractivity contribution in [2.24, 2.45) is 11.3 Å². The van der Waals surface area contributed by atoms with E-state index in [4.69, 9.17) is 4.74 Å². The maximum absolute atomic E-state index is 5.52. The van der Waals surface area contributed by atoms with E-state index in [0.29, 0.717) is 24.0 Å². The summed E-state index contributed by atoms with van der Waals surface area (Å²) in [6.07, 6.45) is 4.79. The molecule has 0 aliphatic carbocycles. The van der Waals surface area contributed by atoms with Crippen molar-refractivity contribution in [3.8, 4) is 5.75 Å². The zero-order chi connectivity index (χ0) is 14.5. The van der Waals surface area contributed by atoms with Crippen molar-refractivity contribution >= 4 is 0 Å². The zero-order valence-corrected chi connectivity index (χ0v) is 13.2. The van der Waals surface area contributed by atoms with E-state index < -0.39 is 0 Å². The van der Waals surface area contributed by atoms with Gasteiger partial charge in [0.25, 0.3) is 0 Å². The quantitative estimate of drug-likeness (QED) is 0.848. The SMILES string of the molecule is CCOc1cncc(C(CC(C)C(C)(C)C)NC)c1. The summed E-state index contributed by atoms with van der Waals surface area (Å²) < 4.78 is 5.52. The van der Waals surface area contributed by atoms with Crippen LogP contribution in [0, 0.1) is 11.3 Å². The number of rotatable bonds is 6. The molecule has 0 aromatic carbocycles. The van der Waals surface area contributed by atoms with E-state index in [1.54, 1.807) is 6.20 Å². The zero-order valence-electron chi connectivity index (χ0n) is 13.2. The number of nitrogens with one attached hydrogen (secondary N) is 1. The van der Waals surface area contributed by atoms with E-state index in [1.807, 2.05) is 20.2 Å². The molecular formula is C16H28N2O. The van der Waals surface area contributed by atoms with E-state index in [9.17, 15) is 0 Å². The van der Waals surface area contributed by atoms with Gasteiger partial charge in [0.2, 0.25) is 0 Å². The van der Waals surface area contributed by atoms with E-state index in [-0.39, 0.29) is 0 Å². The topological polar surface area (TPSA) is 34.1 Å². The first-order valence-electron chi connectivity index (χ1n) is 7.13. The Kier molecular flexibility index (Phi) is 5.80. The van der Waals surface area contributed by atoms with Gasteiger partial charge in [0, 0.05) is 12.2 Å². The van der Waals surface area contributed by atoms with Crippen molar-refractivity contribution in [3.63, 3.8) is 0 Å². The summed E-state index contributed by atoms with van der Waals surface area (Å²) in [4.78, 5) is 4.28. The van der Waals surface area contributed by atoms with E-state index in [1.165, 1.54) is 5.56 Å². The summed E-state index contributed by atoms with van der Waals surface area (Å²) >= 11 is 0. The van der Waals surface area contributed by atoms with Gasteiger partial charge in [-0.1, -0.05) is 27.7 Å². The first-order valence-corrected chi connectivity index (χ1v) is 7.13. The molecule has 0 saturated carbocycles. The second-order valence-electron chi connectivity index (χ2n) is 6.23. The molecule has 2 atom stereocenters. The smallest absolute Gasteiger partial charge is 0.137 e. The Labute approximate surface area is 117 Å². The van der Waals surface area contributed by atoms with Crippen LogP contribution in [0.2, 0.25) is 0 Å². The van der Waals surface area contributed by atoms with Crippen LogP contribution < -0.4 is 10.1 Å². The predicted octanol–water partition coefficient (Wildman–Crippen LogP) is 3.81. The minimum absolute atomic E-state index is 0.320. The van der Waals surface area contributed by atoms with Gasteiger partial charge in [-0.25, -0.2) is 0 Å². The maximum Gasteiger partial charge on any atom is 0.137 e. The Bertz CT molecular complexity index is 385. The Morgan fingerprint density at radius 2 is 2.00 bits per heavy atom.